The van der Waals surface area contributed by atoms with E-state index in [1.54, 1.807) is 0 Å². The van der Waals surface area contributed by atoms with Crippen LogP contribution in [0.2, 0.25) is 0 Å². The SMILES string of the molecule is CC(C)CCC[C@@H](C)[C@H]1CC[C@H]2[C@@H]3CCC4CCCC([C@]5(O)[C@@H](O)O[C@H](CO)[C@@H](O)[C@@H]5O)[C@]4(C)[C@H]3CC[C@]12C. The molecule has 0 radical (unpaired) electrons. The zero-order chi connectivity index (χ0) is 28.3. The third kappa shape index (κ3) is 4.66. The third-order valence-electron chi connectivity index (χ3n) is 13.6. The number of hydrogen-bond donors (Lipinski definition) is 5. The average molecular weight is 551 g/mol. The molecule has 5 fully saturated rings. The summed E-state index contributed by atoms with van der Waals surface area (Å²) in [5.74, 6) is 4.13. The first-order valence-corrected chi connectivity index (χ1v) is 16.4. The first-order valence-electron chi connectivity index (χ1n) is 16.4. The number of aliphatic hydroxyl groups is 5. The molecule has 5 rings (SSSR count). The summed E-state index contributed by atoms with van der Waals surface area (Å²) >= 11 is 0. The Labute approximate surface area is 236 Å². The van der Waals surface area contributed by atoms with Crippen LogP contribution in [0, 0.1) is 58.2 Å². The monoisotopic (exact) mass is 550 g/mol. The van der Waals surface area contributed by atoms with Gasteiger partial charge in [-0.05, 0) is 104 Å². The molecule has 0 spiro atoms. The molecule has 0 aromatic carbocycles. The van der Waals surface area contributed by atoms with Gasteiger partial charge in [-0.1, -0.05) is 60.3 Å². The van der Waals surface area contributed by atoms with Gasteiger partial charge in [0, 0.05) is 5.92 Å². The quantitative estimate of drug-likeness (QED) is 0.309. The highest BCUT2D eigenvalue weighted by Crippen LogP contribution is 2.70. The Hall–Kier alpha value is -0.240. The molecule has 4 saturated carbocycles. The summed E-state index contributed by atoms with van der Waals surface area (Å²) in [5.41, 5.74) is -1.82. The van der Waals surface area contributed by atoms with Gasteiger partial charge >= 0.3 is 0 Å². The van der Waals surface area contributed by atoms with Crippen LogP contribution in [0.5, 0.6) is 0 Å². The largest absolute Gasteiger partial charge is 0.394 e. The molecule has 0 amide bonds. The molecule has 6 nitrogen and oxygen atoms in total. The number of ether oxygens (including phenoxy) is 1. The molecule has 1 saturated heterocycles. The van der Waals surface area contributed by atoms with Gasteiger partial charge in [-0.15, -0.1) is 0 Å². The van der Waals surface area contributed by atoms with E-state index in [1.807, 2.05) is 0 Å². The first-order chi connectivity index (χ1) is 18.4. The summed E-state index contributed by atoms with van der Waals surface area (Å²) in [4.78, 5) is 0. The maximum absolute atomic E-state index is 12.1. The van der Waals surface area contributed by atoms with Gasteiger partial charge in [-0.25, -0.2) is 0 Å². The smallest absolute Gasteiger partial charge is 0.187 e. The Morgan fingerprint density at radius 3 is 2.31 bits per heavy atom. The summed E-state index contributed by atoms with van der Waals surface area (Å²) in [6.07, 6.45) is 8.42. The molecule has 4 aliphatic carbocycles. The Morgan fingerprint density at radius 2 is 1.62 bits per heavy atom. The summed E-state index contributed by atoms with van der Waals surface area (Å²) < 4.78 is 5.57. The molecule has 1 aliphatic heterocycles. The zero-order valence-electron chi connectivity index (χ0n) is 25.3. The molecule has 0 bridgehead atoms. The van der Waals surface area contributed by atoms with Crippen LogP contribution in [0.3, 0.4) is 0 Å². The Morgan fingerprint density at radius 1 is 0.872 bits per heavy atom. The van der Waals surface area contributed by atoms with E-state index in [2.05, 4.69) is 34.6 Å². The fraction of sp³-hybridized carbons (Fsp3) is 1.00. The molecule has 14 atom stereocenters. The molecule has 2 unspecified atom stereocenters. The van der Waals surface area contributed by atoms with Crippen molar-refractivity contribution in [2.45, 2.75) is 142 Å². The topological polar surface area (TPSA) is 110 Å². The molecule has 5 aliphatic rings. The summed E-state index contributed by atoms with van der Waals surface area (Å²) in [5, 5.41) is 54.9. The third-order valence-corrected chi connectivity index (χ3v) is 13.6. The fourth-order valence-corrected chi connectivity index (χ4v) is 11.6. The van der Waals surface area contributed by atoms with Crippen molar-refractivity contribution in [3.8, 4) is 0 Å². The van der Waals surface area contributed by atoms with Gasteiger partial charge < -0.3 is 30.3 Å². The summed E-state index contributed by atoms with van der Waals surface area (Å²) in [6.45, 7) is 11.6. The Bertz CT molecular complexity index is 850. The second kappa shape index (κ2) is 11.1. The summed E-state index contributed by atoms with van der Waals surface area (Å²) in [7, 11) is 0. The van der Waals surface area contributed by atoms with Crippen LogP contribution in [0.25, 0.3) is 0 Å². The lowest BCUT2D eigenvalue weighted by Crippen LogP contribution is -2.73. The molecule has 0 aromatic heterocycles. The molecule has 39 heavy (non-hydrogen) atoms. The van der Waals surface area contributed by atoms with Gasteiger partial charge in [0.15, 0.2) is 6.29 Å². The summed E-state index contributed by atoms with van der Waals surface area (Å²) in [6, 6.07) is 0. The van der Waals surface area contributed by atoms with Gasteiger partial charge in [0.25, 0.3) is 0 Å². The van der Waals surface area contributed by atoms with Crippen LogP contribution in [0.1, 0.15) is 112 Å². The van der Waals surface area contributed by atoms with Crippen molar-refractivity contribution in [3.05, 3.63) is 0 Å². The van der Waals surface area contributed by atoms with Crippen molar-refractivity contribution in [3.63, 3.8) is 0 Å². The normalized spacial score (nSPS) is 52.7. The van der Waals surface area contributed by atoms with Gasteiger partial charge in [0.2, 0.25) is 0 Å². The molecule has 226 valence electrons. The van der Waals surface area contributed by atoms with Gasteiger partial charge in [0.1, 0.15) is 23.9 Å². The highest BCUT2D eigenvalue weighted by Gasteiger charge is 2.68. The van der Waals surface area contributed by atoms with Crippen molar-refractivity contribution < 1.29 is 30.3 Å². The van der Waals surface area contributed by atoms with Crippen LogP contribution >= 0.6 is 0 Å². The van der Waals surface area contributed by atoms with Crippen LogP contribution in [-0.2, 0) is 4.74 Å². The van der Waals surface area contributed by atoms with Crippen LogP contribution < -0.4 is 0 Å². The standard InChI is InChI=1S/C33H58O6/c1-19(2)8-6-9-20(3)23-14-15-24-22-13-12-21-10-7-11-27(32(21,5)25(22)16-17-31(23,24)4)33(38)29(36)28(35)26(18-34)39-30(33)37/h19-30,34-38H,6-18H2,1-5H3/t20-,21?,22+,23-,24+,25+,26-,27?,28-,29+,30+,31-,32+,33-/m1/s1. The average Bonchev–Trinajstić information content (AvgIpc) is 3.26. The van der Waals surface area contributed by atoms with Crippen molar-refractivity contribution in [1.29, 1.82) is 0 Å². The minimum Gasteiger partial charge on any atom is -0.394 e. The van der Waals surface area contributed by atoms with Gasteiger partial charge in [-0.2, -0.15) is 0 Å². The first kappa shape index (κ1) is 30.2. The van der Waals surface area contributed by atoms with Crippen LogP contribution in [0.15, 0.2) is 0 Å². The van der Waals surface area contributed by atoms with Gasteiger partial charge in [-0.3, -0.25) is 0 Å². The van der Waals surface area contributed by atoms with E-state index in [0.29, 0.717) is 35.5 Å². The highest BCUT2D eigenvalue weighted by molar-refractivity contribution is 5.16. The van der Waals surface area contributed by atoms with E-state index < -0.39 is 36.8 Å². The second-order valence-electron chi connectivity index (χ2n) is 15.6. The second-order valence-corrected chi connectivity index (χ2v) is 15.6. The van der Waals surface area contributed by atoms with E-state index in [4.69, 9.17) is 4.74 Å². The van der Waals surface area contributed by atoms with E-state index >= 15 is 0 Å². The van der Waals surface area contributed by atoms with Crippen molar-refractivity contribution in [2.75, 3.05) is 6.61 Å². The van der Waals surface area contributed by atoms with Crippen molar-refractivity contribution in [2.24, 2.45) is 58.2 Å². The lowest BCUT2D eigenvalue weighted by molar-refractivity contribution is -0.361. The lowest BCUT2D eigenvalue weighted by Gasteiger charge is -2.66. The Balaban J connectivity index is 1.41. The predicted molar refractivity (Wildman–Crippen MR) is 151 cm³/mol. The Kier molecular flexibility index (Phi) is 8.61. The highest BCUT2D eigenvalue weighted by atomic mass is 16.6. The van der Waals surface area contributed by atoms with Gasteiger partial charge in [0.05, 0.1) is 6.61 Å². The minimum absolute atomic E-state index is 0.241. The number of fused-ring (bicyclic) bond motifs is 5. The maximum atomic E-state index is 12.1. The molecule has 5 N–H and O–H groups in total. The molecule has 0 aromatic rings. The van der Waals surface area contributed by atoms with E-state index in [-0.39, 0.29) is 11.3 Å². The molecule has 6 heteroatoms. The molecule has 1 heterocycles. The predicted octanol–water partition coefficient (Wildman–Crippen LogP) is 4.89. The number of rotatable bonds is 7. The fourth-order valence-electron chi connectivity index (χ4n) is 11.6. The van der Waals surface area contributed by atoms with E-state index in [9.17, 15) is 25.5 Å². The van der Waals surface area contributed by atoms with E-state index in [1.165, 1.54) is 44.9 Å². The number of hydrogen-bond acceptors (Lipinski definition) is 6. The maximum Gasteiger partial charge on any atom is 0.187 e. The lowest BCUT2D eigenvalue weighted by atomic mass is 9.40. The van der Waals surface area contributed by atoms with Crippen molar-refractivity contribution in [1.82, 2.24) is 0 Å². The van der Waals surface area contributed by atoms with Crippen LogP contribution in [-0.4, -0.2) is 62.3 Å². The number of aliphatic hydroxyl groups excluding tert-OH is 4. The van der Waals surface area contributed by atoms with Crippen LogP contribution in [0.4, 0.5) is 0 Å². The van der Waals surface area contributed by atoms with Crippen molar-refractivity contribution >= 4 is 0 Å². The molecular formula is C33H58O6. The minimum atomic E-state index is -1.95. The molecular weight excluding hydrogens is 492 g/mol. The zero-order valence-corrected chi connectivity index (χ0v) is 25.3. The van der Waals surface area contributed by atoms with E-state index in [0.717, 1.165) is 43.4 Å².